The molecule has 1 aromatic carbocycles. The molecule has 0 radical (unpaired) electrons. The number of hydrogen-bond acceptors (Lipinski definition) is 1. The van der Waals surface area contributed by atoms with E-state index in [4.69, 9.17) is 0 Å². The smallest absolute Gasteiger partial charge is 0.343 e. The molecule has 1 amide bonds. The van der Waals surface area contributed by atoms with Crippen molar-refractivity contribution in [3.8, 4) is 0 Å². The Balaban J connectivity index is 2.70. The molecule has 0 atom stereocenters. The monoisotopic (exact) mass is 299 g/mol. The van der Waals surface area contributed by atoms with Gasteiger partial charge in [-0.05, 0) is 34.1 Å². The summed E-state index contributed by atoms with van der Waals surface area (Å²) in [6.07, 6.45) is -4.48. The van der Waals surface area contributed by atoms with E-state index in [0.717, 1.165) is 6.07 Å². The highest BCUT2D eigenvalue weighted by molar-refractivity contribution is 9.10. The van der Waals surface area contributed by atoms with Crippen LogP contribution < -0.4 is 5.32 Å². The summed E-state index contributed by atoms with van der Waals surface area (Å²) in [4.78, 5) is 11.2. The third-order valence-electron chi connectivity index (χ3n) is 1.63. The minimum absolute atomic E-state index is 0.139. The van der Waals surface area contributed by atoms with Gasteiger partial charge in [-0.15, -0.1) is 0 Å². The average Bonchev–Trinajstić information content (AvgIpc) is 2.17. The molecule has 0 aromatic heterocycles. The molecule has 0 unspecified atom stereocenters. The largest absolute Gasteiger partial charge is 0.405 e. The first-order valence-corrected chi connectivity index (χ1v) is 4.89. The number of amides is 1. The molecule has 0 fully saturated rings. The standard InChI is InChI=1S/C9H6BrF4NO/c10-6-2-1-5(3-7(6)11)8(16)15-4-9(12,13)14/h1-3H,4H2,(H,15,16). The molecule has 0 spiro atoms. The van der Waals surface area contributed by atoms with Crippen LogP contribution >= 0.6 is 15.9 Å². The number of rotatable bonds is 2. The van der Waals surface area contributed by atoms with Crippen LogP contribution in [0.5, 0.6) is 0 Å². The van der Waals surface area contributed by atoms with Gasteiger partial charge in [0.1, 0.15) is 12.4 Å². The van der Waals surface area contributed by atoms with E-state index in [1.54, 1.807) is 5.32 Å². The third kappa shape index (κ3) is 3.80. The minimum atomic E-state index is -4.48. The molecule has 0 aliphatic carbocycles. The van der Waals surface area contributed by atoms with E-state index >= 15 is 0 Å². The summed E-state index contributed by atoms with van der Waals surface area (Å²) >= 11 is 2.86. The second kappa shape index (κ2) is 4.82. The Morgan fingerprint density at radius 1 is 1.38 bits per heavy atom. The van der Waals surface area contributed by atoms with Gasteiger partial charge in [0, 0.05) is 5.56 Å². The van der Waals surface area contributed by atoms with Gasteiger partial charge in [0.15, 0.2) is 0 Å². The van der Waals surface area contributed by atoms with Crippen molar-refractivity contribution in [3.05, 3.63) is 34.1 Å². The molecule has 1 rings (SSSR count). The lowest BCUT2D eigenvalue weighted by Crippen LogP contribution is -2.33. The first-order chi connectivity index (χ1) is 7.29. The van der Waals surface area contributed by atoms with Crippen molar-refractivity contribution in [2.75, 3.05) is 6.54 Å². The summed E-state index contributed by atoms with van der Waals surface area (Å²) in [6, 6.07) is 3.33. The van der Waals surface area contributed by atoms with Gasteiger partial charge < -0.3 is 5.32 Å². The van der Waals surface area contributed by atoms with E-state index in [-0.39, 0.29) is 10.0 Å². The van der Waals surface area contributed by atoms with Crippen LogP contribution in [0.2, 0.25) is 0 Å². The summed E-state index contributed by atoms with van der Waals surface area (Å²) in [7, 11) is 0. The fraction of sp³-hybridized carbons (Fsp3) is 0.222. The lowest BCUT2D eigenvalue weighted by molar-refractivity contribution is -0.123. The van der Waals surface area contributed by atoms with Crippen LogP contribution in [0.15, 0.2) is 22.7 Å². The van der Waals surface area contributed by atoms with Crippen molar-refractivity contribution >= 4 is 21.8 Å². The quantitative estimate of drug-likeness (QED) is 0.836. The molecule has 2 nitrogen and oxygen atoms in total. The van der Waals surface area contributed by atoms with Crippen molar-refractivity contribution in [2.45, 2.75) is 6.18 Å². The van der Waals surface area contributed by atoms with Crippen LogP contribution in [0.4, 0.5) is 17.6 Å². The van der Waals surface area contributed by atoms with Gasteiger partial charge in [0.25, 0.3) is 5.91 Å². The highest BCUT2D eigenvalue weighted by atomic mass is 79.9. The second-order valence-corrected chi connectivity index (χ2v) is 3.78. The Morgan fingerprint density at radius 2 is 2.00 bits per heavy atom. The van der Waals surface area contributed by atoms with Gasteiger partial charge in [-0.1, -0.05) is 0 Å². The fourth-order valence-corrected chi connectivity index (χ4v) is 1.17. The maximum Gasteiger partial charge on any atom is 0.405 e. The van der Waals surface area contributed by atoms with Gasteiger partial charge in [-0.2, -0.15) is 13.2 Å². The third-order valence-corrected chi connectivity index (χ3v) is 2.27. The molecule has 7 heteroatoms. The van der Waals surface area contributed by atoms with E-state index < -0.39 is 24.4 Å². The summed E-state index contributed by atoms with van der Waals surface area (Å²) in [5.74, 6) is -1.68. The molecule has 0 bridgehead atoms. The Bertz CT molecular complexity index is 405. The minimum Gasteiger partial charge on any atom is -0.343 e. The average molecular weight is 300 g/mol. The molecule has 16 heavy (non-hydrogen) atoms. The number of carbonyl (C=O) groups excluding carboxylic acids is 1. The fourth-order valence-electron chi connectivity index (χ4n) is 0.920. The predicted octanol–water partition coefficient (Wildman–Crippen LogP) is 2.88. The van der Waals surface area contributed by atoms with Crippen LogP contribution in [-0.2, 0) is 0 Å². The van der Waals surface area contributed by atoms with E-state index in [1.807, 2.05) is 0 Å². The summed E-state index contributed by atoms with van der Waals surface area (Å²) in [6.45, 7) is -1.44. The van der Waals surface area contributed by atoms with E-state index in [9.17, 15) is 22.4 Å². The van der Waals surface area contributed by atoms with Gasteiger partial charge in [0.2, 0.25) is 0 Å². The Kier molecular flexibility index (Phi) is 3.90. The van der Waals surface area contributed by atoms with Crippen LogP contribution in [-0.4, -0.2) is 18.6 Å². The molecular formula is C9H6BrF4NO. The summed E-state index contributed by atoms with van der Waals surface area (Å²) in [5, 5.41) is 1.64. The molecule has 88 valence electrons. The van der Waals surface area contributed by atoms with Crippen LogP contribution in [0.25, 0.3) is 0 Å². The molecule has 0 saturated heterocycles. The number of carbonyl (C=O) groups is 1. The molecule has 1 N–H and O–H groups in total. The molecule has 0 aliphatic heterocycles. The molecular weight excluding hydrogens is 294 g/mol. The van der Waals surface area contributed by atoms with Gasteiger partial charge in [0.05, 0.1) is 4.47 Å². The lowest BCUT2D eigenvalue weighted by Gasteiger charge is -2.08. The summed E-state index contributed by atoms with van der Waals surface area (Å²) < 4.78 is 48.4. The number of benzene rings is 1. The maximum atomic E-state index is 13.0. The first kappa shape index (κ1) is 13.0. The number of halogens is 5. The zero-order valence-corrected chi connectivity index (χ0v) is 9.32. The predicted molar refractivity (Wildman–Crippen MR) is 52.5 cm³/mol. The van der Waals surface area contributed by atoms with Crippen molar-refractivity contribution in [2.24, 2.45) is 0 Å². The number of nitrogens with one attached hydrogen (secondary N) is 1. The lowest BCUT2D eigenvalue weighted by atomic mass is 10.2. The normalized spacial score (nSPS) is 11.3. The van der Waals surface area contributed by atoms with Crippen LogP contribution in [0.3, 0.4) is 0 Å². The Hall–Kier alpha value is -1.11. The van der Waals surface area contributed by atoms with Crippen LogP contribution in [0, 0.1) is 5.82 Å². The van der Waals surface area contributed by atoms with Gasteiger partial charge in [-0.25, -0.2) is 4.39 Å². The maximum absolute atomic E-state index is 13.0. The van der Waals surface area contributed by atoms with Gasteiger partial charge >= 0.3 is 6.18 Å². The molecule has 0 aliphatic rings. The zero-order valence-electron chi connectivity index (χ0n) is 7.74. The van der Waals surface area contributed by atoms with Crippen molar-refractivity contribution < 1.29 is 22.4 Å². The zero-order chi connectivity index (χ0) is 12.3. The Morgan fingerprint density at radius 3 is 2.50 bits per heavy atom. The van der Waals surface area contributed by atoms with Crippen molar-refractivity contribution in [3.63, 3.8) is 0 Å². The number of hydrogen-bond donors (Lipinski definition) is 1. The Labute approximate surface area is 96.8 Å². The van der Waals surface area contributed by atoms with E-state index in [0.29, 0.717) is 0 Å². The highest BCUT2D eigenvalue weighted by Gasteiger charge is 2.27. The molecule has 0 heterocycles. The van der Waals surface area contributed by atoms with Gasteiger partial charge in [-0.3, -0.25) is 4.79 Å². The topological polar surface area (TPSA) is 29.1 Å². The number of alkyl halides is 3. The van der Waals surface area contributed by atoms with Crippen molar-refractivity contribution in [1.82, 2.24) is 5.32 Å². The highest BCUT2D eigenvalue weighted by Crippen LogP contribution is 2.17. The van der Waals surface area contributed by atoms with E-state index in [1.165, 1.54) is 12.1 Å². The molecule has 1 aromatic rings. The SMILES string of the molecule is O=C(NCC(F)(F)F)c1ccc(Br)c(F)c1. The molecule has 0 saturated carbocycles. The second-order valence-electron chi connectivity index (χ2n) is 2.93. The van der Waals surface area contributed by atoms with Crippen molar-refractivity contribution in [1.29, 1.82) is 0 Å². The van der Waals surface area contributed by atoms with E-state index in [2.05, 4.69) is 15.9 Å². The first-order valence-electron chi connectivity index (χ1n) is 4.09. The summed E-state index contributed by atoms with van der Waals surface area (Å²) in [5.41, 5.74) is -0.162. The van der Waals surface area contributed by atoms with Crippen LogP contribution in [0.1, 0.15) is 10.4 Å².